The van der Waals surface area contributed by atoms with E-state index in [1.165, 1.54) is 30.0 Å². The molecule has 0 spiro atoms. The predicted molar refractivity (Wildman–Crippen MR) is 97.6 cm³/mol. The van der Waals surface area contributed by atoms with E-state index in [4.69, 9.17) is 0 Å². The van der Waals surface area contributed by atoms with Crippen LogP contribution in [0.3, 0.4) is 0 Å². The minimum atomic E-state index is -4.59. The number of likely N-dealkylation sites (tertiary alicyclic amines) is 1. The summed E-state index contributed by atoms with van der Waals surface area (Å²) in [5.74, 6) is -0.558. The number of halogens is 3. The first-order chi connectivity index (χ1) is 13.2. The van der Waals surface area contributed by atoms with Gasteiger partial charge in [0.05, 0.1) is 11.3 Å². The zero-order valence-corrected chi connectivity index (χ0v) is 15.6. The molecule has 2 heterocycles. The number of alkyl halides is 3. The average molecular weight is 394 g/mol. The lowest BCUT2D eigenvalue weighted by molar-refractivity contribution is -0.137. The highest BCUT2D eigenvalue weighted by Crippen LogP contribution is 2.33. The van der Waals surface area contributed by atoms with Crippen LogP contribution in [0, 0.1) is 6.92 Å². The number of piperidine rings is 1. The van der Waals surface area contributed by atoms with Crippen molar-refractivity contribution >= 4 is 5.91 Å². The summed E-state index contributed by atoms with van der Waals surface area (Å²) in [5, 5.41) is 7.17. The summed E-state index contributed by atoms with van der Waals surface area (Å²) < 4.78 is 41.2. The van der Waals surface area contributed by atoms with Gasteiger partial charge in [-0.15, -0.1) is 0 Å². The molecule has 1 aliphatic heterocycles. The van der Waals surface area contributed by atoms with Crippen molar-refractivity contribution in [3.63, 3.8) is 0 Å². The molecular weight excluding hydrogens is 373 g/mol. The molecule has 0 aliphatic carbocycles. The minimum Gasteiger partial charge on any atom is -0.337 e. The molecule has 0 bridgehead atoms. The number of para-hydroxylation sites is 1. The minimum absolute atomic E-state index is 0.215. The number of aryl methyl sites for hydroxylation is 1. The lowest BCUT2D eigenvalue weighted by Crippen LogP contribution is -2.45. The summed E-state index contributed by atoms with van der Waals surface area (Å²) in [4.78, 5) is 26.7. The van der Waals surface area contributed by atoms with Gasteiger partial charge in [0.15, 0.2) is 5.69 Å². The number of rotatable bonds is 3. The zero-order valence-electron chi connectivity index (χ0n) is 15.6. The Morgan fingerprint density at radius 1 is 1.21 bits per heavy atom. The summed E-state index contributed by atoms with van der Waals surface area (Å²) in [7, 11) is 1.85. The molecule has 1 aromatic carbocycles. The van der Waals surface area contributed by atoms with Gasteiger partial charge in [-0.05, 0) is 38.9 Å². The smallest absolute Gasteiger partial charge is 0.337 e. The average Bonchev–Trinajstić information content (AvgIpc) is 2.67. The number of carbonyl (C=O) groups excluding carboxylic acids is 1. The summed E-state index contributed by atoms with van der Waals surface area (Å²) in [6, 6.07) is 6.38. The maximum Gasteiger partial charge on any atom is 0.418 e. The van der Waals surface area contributed by atoms with Crippen molar-refractivity contribution in [3.05, 3.63) is 57.5 Å². The second-order valence-corrected chi connectivity index (χ2v) is 6.78. The molecule has 0 radical (unpaired) electrons. The highest BCUT2D eigenvalue weighted by Gasteiger charge is 2.34. The van der Waals surface area contributed by atoms with Crippen molar-refractivity contribution in [2.45, 2.75) is 32.0 Å². The number of amides is 1. The highest BCUT2D eigenvalue weighted by atomic mass is 19.4. The van der Waals surface area contributed by atoms with E-state index < -0.39 is 23.1 Å². The van der Waals surface area contributed by atoms with Crippen LogP contribution in [0.2, 0.25) is 0 Å². The van der Waals surface area contributed by atoms with Gasteiger partial charge in [-0.3, -0.25) is 9.59 Å². The number of hydrogen-bond acceptors (Lipinski definition) is 4. The molecule has 0 saturated carbocycles. The normalized spacial score (nSPS) is 15.7. The van der Waals surface area contributed by atoms with Gasteiger partial charge in [0.1, 0.15) is 0 Å². The molecule has 1 aromatic heterocycles. The van der Waals surface area contributed by atoms with Crippen LogP contribution in [-0.4, -0.2) is 46.8 Å². The number of carbonyl (C=O) groups is 1. The van der Waals surface area contributed by atoms with E-state index in [2.05, 4.69) is 10.4 Å². The van der Waals surface area contributed by atoms with Crippen LogP contribution in [0.1, 0.15) is 34.6 Å². The van der Waals surface area contributed by atoms with Gasteiger partial charge in [0, 0.05) is 30.9 Å². The van der Waals surface area contributed by atoms with E-state index >= 15 is 0 Å². The molecule has 2 aromatic rings. The summed E-state index contributed by atoms with van der Waals surface area (Å²) in [5.41, 5.74) is -1.87. The summed E-state index contributed by atoms with van der Waals surface area (Å²) in [6.07, 6.45) is -3.12. The Bertz CT molecular complexity index is 932. The van der Waals surface area contributed by atoms with Gasteiger partial charge < -0.3 is 10.2 Å². The fourth-order valence-corrected chi connectivity index (χ4v) is 3.36. The summed E-state index contributed by atoms with van der Waals surface area (Å²) in [6.45, 7) is 2.39. The molecule has 6 nitrogen and oxygen atoms in total. The molecule has 1 fully saturated rings. The van der Waals surface area contributed by atoms with Crippen molar-refractivity contribution in [2.75, 3.05) is 20.1 Å². The van der Waals surface area contributed by atoms with E-state index in [9.17, 15) is 22.8 Å². The van der Waals surface area contributed by atoms with Gasteiger partial charge in [0.25, 0.3) is 5.91 Å². The Morgan fingerprint density at radius 2 is 1.86 bits per heavy atom. The number of aromatic nitrogens is 2. The quantitative estimate of drug-likeness (QED) is 0.868. The third-order valence-corrected chi connectivity index (χ3v) is 4.94. The second kappa shape index (κ2) is 7.75. The Kier molecular flexibility index (Phi) is 5.55. The molecule has 1 aliphatic rings. The molecule has 1 N–H and O–H groups in total. The number of nitrogens with one attached hydrogen (secondary N) is 1. The van der Waals surface area contributed by atoms with E-state index in [1.54, 1.807) is 0 Å². The Hall–Kier alpha value is -2.68. The SMILES string of the molecule is CNC1CCN(C(=O)c2nn(-c3ccccc3C(F)(F)F)c(C)cc2=O)CC1. The monoisotopic (exact) mass is 394 g/mol. The summed E-state index contributed by atoms with van der Waals surface area (Å²) >= 11 is 0. The molecule has 28 heavy (non-hydrogen) atoms. The number of hydrogen-bond donors (Lipinski definition) is 1. The molecule has 0 unspecified atom stereocenters. The van der Waals surface area contributed by atoms with Crippen LogP contribution in [-0.2, 0) is 6.18 Å². The van der Waals surface area contributed by atoms with Gasteiger partial charge in [-0.2, -0.15) is 18.3 Å². The first-order valence-electron chi connectivity index (χ1n) is 8.96. The van der Waals surface area contributed by atoms with Gasteiger partial charge in [0.2, 0.25) is 5.43 Å². The number of benzene rings is 1. The van der Waals surface area contributed by atoms with Crippen molar-refractivity contribution in [2.24, 2.45) is 0 Å². The van der Waals surface area contributed by atoms with E-state index in [-0.39, 0.29) is 17.1 Å². The van der Waals surface area contributed by atoms with Crippen LogP contribution < -0.4 is 10.7 Å². The Balaban J connectivity index is 2.01. The van der Waals surface area contributed by atoms with Crippen LogP contribution >= 0.6 is 0 Å². The molecule has 150 valence electrons. The van der Waals surface area contributed by atoms with Crippen molar-refractivity contribution < 1.29 is 18.0 Å². The lowest BCUT2D eigenvalue weighted by atomic mass is 10.0. The standard InChI is InChI=1S/C19H21F3N4O2/c1-12-11-16(27)17(18(28)25-9-7-13(23-2)8-10-25)24-26(12)15-6-4-3-5-14(15)19(20,21)22/h3-6,11,13,23H,7-10H2,1-2H3. The largest absolute Gasteiger partial charge is 0.418 e. The number of nitrogens with zero attached hydrogens (tertiary/aromatic N) is 3. The third-order valence-electron chi connectivity index (χ3n) is 4.94. The van der Waals surface area contributed by atoms with E-state index in [0.717, 1.165) is 29.7 Å². The van der Waals surface area contributed by atoms with Crippen LogP contribution in [0.25, 0.3) is 5.69 Å². The zero-order chi connectivity index (χ0) is 20.5. The molecule has 0 atom stereocenters. The second-order valence-electron chi connectivity index (χ2n) is 6.78. The molecule has 1 saturated heterocycles. The van der Waals surface area contributed by atoms with Crippen LogP contribution in [0.5, 0.6) is 0 Å². The van der Waals surface area contributed by atoms with Crippen molar-refractivity contribution in [3.8, 4) is 5.69 Å². The van der Waals surface area contributed by atoms with Gasteiger partial charge in [-0.1, -0.05) is 12.1 Å². The molecule has 3 rings (SSSR count). The van der Waals surface area contributed by atoms with E-state index in [1.807, 2.05) is 7.05 Å². The fraction of sp³-hybridized carbons (Fsp3) is 0.421. The van der Waals surface area contributed by atoms with E-state index in [0.29, 0.717) is 19.1 Å². The molecular formula is C19H21F3N4O2. The molecule has 1 amide bonds. The maximum atomic E-state index is 13.4. The first-order valence-corrected chi connectivity index (χ1v) is 8.96. The topological polar surface area (TPSA) is 67.2 Å². The van der Waals surface area contributed by atoms with Crippen LogP contribution in [0.4, 0.5) is 13.2 Å². The Morgan fingerprint density at radius 3 is 2.46 bits per heavy atom. The van der Waals surface area contributed by atoms with Gasteiger partial charge in [-0.25, -0.2) is 4.68 Å². The third kappa shape index (κ3) is 3.94. The highest BCUT2D eigenvalue weighted by molar-refractivity contribution is 5.92. The fourth-order valence-electron chi connectivity index (χ4n) is 3.36. The Labute approximate surface area is 160 Å². The van der Waals surface area contributed by atoms with Crippen molar-refractivity contribution in [1.29, 1.82) is 0 Å². The maximum absolute atomic E-state index is 13.4. The predicted octanol–water partition coefficient (Wildman–Crippen LogP) is 2.38. The van der Waals surface area contributed by atoms with Gasteiger partial charge >= 0.3 is 6.18 Å². The molecule has 9 heteroatoms. The van der Waals surface area contributed by atoms with Crippen LogP contribution in [0.15, 0.2) is 35.1 Å². The lowest BCUT2D eigenvalue weighted by Gasteiger charge is -2.31. The first kappa shape index (κ1) is 20.1. The van der Waals surface area contributed by atoms with Crippen molar-refractivity contribution in [1.82, 2.24) is 20.0 Å².